The number of hydrogen-bond donors (Lipinski definition) is 0. The molecule has 0 amide bonds. The minimum Gasteiger partial charge on any atom is -0.310 e. The maximum atomic E-state index is 2.49. The van der Waals surface area contributed by atoms with Gasteiger partial charge in [-0.05, 0) is 108 Å². The summed E-state index contributed by atoms with van der Waals surface area (Å²) in [5, 5.41) is 2.52. The molecule has 0 bridgehead atoms. The third-order valence-corrected chi connectivity index (χ3v) is 12.0. The molecule has 0 aliphatic heterocycles. The highest BCUT2D eigenvalue weighted by Crippen LogP contribution is 2.55. The Bertz CT molecular complexity index is 2720. The molecule has 0 saturated carbocycles. The molecule has 0 heterocycles. The number of fused-ring (bicyclic) bond motifs is 7. The molecule has 2 aliphatic rings. The van der Waals surface area contributed by atoms with Crippen molar-refractivity contribution in [2.24, 2.45) is 0 Å². The molecule has 1 nitrogen and oxygen atoms in total. The van der Waals surface area contributed by atoms with Crippen molar-refractivity contribution in [3.63, 3.8) is 0 Å². The normalized spacial score (nSPS) is 14.3. The highest BCUT2D eigenvalue weighted by atomic mass is 15.1. The first-order chi connectivity index (χ1) is 25.8. The van der Waals surface area contributed by atoms with E-state index in [4.69, 9.17) is 0 Å². The molecule has 0 aromatic heterocycles. The minimum absolute atomic E-state index is 0.0829. The smallest absolute Gasteiger partial charge is 0.0508 e. The Morgan fingerprint density at radius 1 is 0.358 bits per heavy atom. The lowest BCUT2D eigenvalue weighted by atomic mass is 9.79. The zero-order valence-corrected chi connectivity index (χ0v) is 30.7. The van der Waals surface area contributed by atoms with Gasteiger partial charge in [0.1, 0.15) is 0 Å². The fourth-order valence-electron chi connectivity index (χ4n) is 9.60. The van der Waals surface area contributed by atoms with Gasteiger partial charge >= 0.3 is 0 Å². The topological polar surface area (TPSA) is 3.24 Å². The van der Waals surface area contributed by atoms with Crippen molar-refractivity contribution in [1.29, 1.82) is 0 Å². The van der Waals surface area contributed by atoms with Crippen molar-refractivity contribution >= 4 is 27.8 Å². The molecule has 10 rings (SSSR count). The Hall–Kier alpha value is -6.18. The summed E-state index contributed by atoms with van der Waals surface area (Å²) >= 11 is 0. The molecule has 2 aliphatic carbocycles. The lowest BCUT2D eigenvalue weighted by Crippen LogP contribution is -2.20. The standard InChI is InChI=1S/C52H41N/c1-51(2)46-26-9-7-20-42(46)44-24-13-23-41(49(44)51)35-29-31-37(32-30-35)53(48-28-14-25-45-43-21-8-10-27-47(43)52(3,4)50(45)48)38-18-11-17-36(33-38)40-22-12-16-34-15-5-6-19-39(34)40/h5-33H,1-4H3. The number of rotatable bonds is 5. The second-order valence-electron chi connectivity index (χ2n) is 15.7. The van der Waals surface area contributed by atoms with Crippen molar-refractivity contribution < 1.29 is 0 Å². The third-order valence-electron chi connectivity index (χ3n) is 12.0. The van der Waals surface area contributed by atoms with E-state index in [1.54, 1.807) is 0 Å². The first-order valence-corrected chi connectivity index (χ1v) is 18.8. The number of anilines is 3. The van der Waals surface area contributed by atoms with Gasteiger partial charge in [-0.25, -0.2) is 0 Å². The van der Waals surface area contributed by atoms with Crippen LogP contribution in [-0.4, -0.2) is 0 Å². The fraction of sp³-hybridized carbons (Fsp3) is 0.115. The summed E-state index contributed by atoms with van der Waals surface area (Å²) < 4.78 is 0. The van der Waals surface area contributed by atoms with Crippen LogP contribution in [0.5, 0.6) is 0 Å². The average Bonchev–Trinajstić information content (AvgIpc) is 3.58. The fourth-order valence-corrected chi connectivity index (χ4v) is 9.60. The average molecular weight is 680 g/mol. The Kier molecular flexibility index (Phi) is 6.94. The SMILES string of the molecule is CC1(C)c2ccccc2-c2cccc(-c3ccc(N(c4cccc(-c5cccc6ccccc56)c4)c4cccc5c4C(C)(C)c4ccccc4-5)cc3)c21. The van der Waals surface area contributed by atoms with Crippen molar-refractivity contribution in [3.8, 4) is 44.5 Å². The van der Waals surface area contributed by atoms with Crippen LogP contribution in [0.1, 0.15) is 49.9 Å². The minimum atomic E-state index is -0.168. The number of nitrogens with zero attached hydrogens (tertiary/aromatic N) is 1. The zero-order valence-electron chi connectivity index (χ0n) is 30.7. The molecule has 254 valence electrons. The van der Waals surface area contributed by atoms with Crippen LogP contribution in [0.25, 0.3) is 55.3 Å². The predicted molar refractivity (Wildman–Crippen MR) is 225 cm³/mol. The van der Waals surface area contributed by atoms with Crippen LogP contribution < -0.4 is 4.90 Å². The Morgan fingerprint density at radius 2 is 0.887 bits per heavy atom. The molecule has 0 saturated heterocycles. The van der Waals surface area contributed by atoms with Gasteiger partial charge in [0.25, 0.3) is 0 Å². The first-order valence-electron chi connectivity index (χ1n) is 18.8. The van der Waals surface area contributed by atoms with Gasteiger partial charge in [0.15, 0.2) is 0 Å². The van der Waals surface area contributed by atoms with Crippen LogP contribution in [0.4, 0.5) is 17.1 Å². The van der Waals surface area contributed by atoms with E-state index in [9.17, 15) is 0 Å². The highest BCUT2D eigenvalue weighted by molar-refractivity contribution is 5.98. The molecule has 0 radical (unpaired) electrons. The molecule has 8 aromatic rings. The Morgan fingerprint density at radius 3 is 1.64 bits per heavy atom. The van der Waals surface area contributed by atoms with Crippen molar-refractivity contribution in [3.05, 3.63) is 198 Å². The lowest BCUT2D eigenvalue weighted by Gasteiger charge is -2.32. The van der Waals surface area contributed by atoms with Gasteiger partial charge in [0.2, 0.25) is 0 Å². The van der Waals surface area contributed by atoms with E-state index in [0.29, 0.717) is 0 Å². The van der Waals surface area contributed by atoms with Crippen molar-refractivity contribution in [2.45, 2.75) is 38.5 Å². The second-order valence-corrected chi connectivity index (χ2v) is 15.7. The van der Waals surface area contributed by atoms with E-state index in [1.807, 2.05) is 0 Å². The summed E-state index contributed by atoms with van der Waals surface area (Å²) in [5.41, 5.74) is 19.1. The van der Waals surface area contributed by atoms with Crippen LogP contribution >= 0.6 is 0 Å². The summed E-state index contributed by atoms with van der Waals surface area (Å²) in [6.45, 7) is 9.50. The van der Waals surface area contributed by atoms with Crippen molar-refractivity contribution in [1.82, 2.24) is 0 Å². The molecule has 8 aromatic carbocycles. The molecule has 1 heteroatoms. The van der Waals surface area contributed by atoms with E-state index in [2.05, 4.69) is 209 Å². The van der Waals surface area contributed by atoms with Crippen LogP contribution in [-0.2, 0) is 10.8 Å². The van der Waals surface area contributed by atoms with Gasteiger partial charge in [0.05, 0.1) is 5.69 Å². The predicted octanol–water partition coefficient (Wildman–Crippen LogP) is 14.3. The highest BCUT2D eigenvalue weighted by Gasteiger charge is 2.39. The molecule has 0 atom stereocenters. The van der Waals surface area contributed by atoms with Crippen LogP contribution in [0.15, 0.2) is 176 Å². The van der Waals surface area contributed by atoms with E-state index >= 15 is 0 Å². The third kappa shape index (κ3) is 4.70. The first kappa shape index (κ1) is 31.5. The lowest BCUT2D eigenvalue weighted by molar-refractivity contribution is 0.661. The summed E-state index contributed by atoms with van der Waals surface area (Å²) in [5.74, 6) is 0. The Labute approximate surface area is 312 Å². The van der Waals surface area contributed by atoms with Crippen LogP contribution in [0.3, 0.4) is 0 Å². The van der Waals surface area contributed by atoms with Gasteiger partial charge in [-0.15, -0.1) is 0 Å². The van der Waals surface area contributed by atoms with Gasteiger partial charge in [-0.3, -0.25) is 0 Å². The van der Waals surface area contributed by atoms with Crippen molar-refractivity contribution in [2.75, 3.05) is 4.90 Å². The summed E-state index contributed by atoms with van der Waals surface area (Å²) in [6, 6.07) is 65.2. The number of hydrogen-bond acceptors (Lipinski definition) is 1. The van der Waals surface area contributed by atoms with E-state index in [1.165, 1.54) is 83.2 Å². The molecule has 53 heavy (non-hydrogen) atoms. The van der Waals surface area contributed by atoms with E-state index in [-0.39, 0.29) is 10.8 Å². The summed E-state index contributed by atoms with van der Waals surface area (Å²) in [7, 11) is 0. The largest absolute Gasteiger partial charge is 0.310 e. The summed E-state index contributed by atoms with van der Waals surface area (Å²) in [4.78, 5) is 2.49. The monoisotopic (exact) mass is 679 g/mol. The molecule has 0 fully saturated rings. The number of benzene rings is 8. The van der Waals surface area contributed by atoms with E-state index < -0.39 is 0 Å². The second kappa shape index (κ2) is 11.7. The van der Waals surface area contributed by atoms with Crippen LogP contribution in [0, 0.1) is 0 Å². The summed E-state index contributed by atoms with van der Waals surface area (Å²) in [6.07, 6.45) is 0. The molecular weight excluding hydrogens is 639 g/mol. The molecular formula is C52H41N. The van der Waals surface area contributed by atoms with Gasteiger partial charge < -0.3 is 4.90 Å². The quantitative estimate of drug-likeness (QED) is 0.175. The van der Waals surface area contributed by atoms with Gasteiger partial charge in [-0.1, -0.05) is 173 Å². The Balaban J connectivity index is 1.15. The molecule has 0 N–H and O–H groups in total. The van der Waals surface area contributed by atoms with E-state index in [0.717, 1.165) is 11.4 Å². The van der Waals surface area contributed by atoms with Crippen LogP contribution in [0.2, 0.25) is 0 Å². The zero-order chi connectivity index (χ0) is 35.9. The molecule has 0 unspecified atom stereocenters. The maximum absolute atomic E-state index is 2.49. The van der Waals surface area contributed by atoms with Gasteiger partial charge in [-0.2, -0.15) is 0 Å². The van der Waals surface area contributed by atoms with Gasteiger partial charge in [0, 0.05) is 22.2 Å². The molecule has 0 spiro atoms. The maximum Gasteiger partial charge on any atom is 0.0508 e.